The van der Waals surface area contributed by atoms with Gasteiger partial charge < -0.3 is 4.90 Å². The summed E-state index contributed by atoms with van der Waals surface area (Å²) < 4.78 is 0. The Kier molecular flexibility index (Phi) is 3.59. The summed E-state index contributed by atoms with van der Waals surface area (Å²) in [4.78, 5) is 29.9. The van der Waals surface area contributed by atoms with Crippen LogP contribution in [0.2, 0.25) is 0 Å². The minimum Gasteiger partial charge on any atom is -0.313 e. The van der Waals surface area contributed by atoms with Crippen LogP contribution in [-0.4, -0.2) is 31.0 Å². The fraction of sp³-hybridized carbons (Fsp3) is 0.167. The van der Waals surface area contributed by atoms with Crippen LogP contribution in [-0.2, 0) is 4.79 Å². The largest absolute Gasteiger partial charge is 0.313 e. The summed E-state index contributed by atoms with van der Waals surface area (Å²) in [7, 11) is 1.73. The summed E-state index contributed by atoms with van der Waals surface area (Å²) in [6.45, 7) is 1.64. The lowest BCUT2D eigenvalue weighted by molar-refractivity contribution is -0.116. The number of benzene rings is 2. The molecule has 4 heteroatoms. The van der Waals surface area contributed by atoms with Crippen LogP contribution in [0.15, 0.2) is 53.5 Å². The Morgan fingerprint density at radius 1 is 1.14 bits per heavy atom. The SMILES string of the molecule is CC(=O)c1ccc2c(c1)C(c1ccccc1)=NCC(=O)N2C. The molecule has 22 heavy (non-hydrogen) atoms. The average molecular weight is 292 g/mol. The molecule has 1 heterocycles. The molecule has 0 aromatic heterocycles. The van der Waals surface area contributed by atoms with Crippen molar-refractivity contribution in [1.82, 2.24) is 0 Å². The van der Waals surface area contributed by atoms with Crippen LogP contribution in [0.1, 0.15) is 28.4 Å². The second-order valence-electron chi connectivity index (χ2n) is 5.27. The molecule has 0 fully saturated rings. The second-order valence-corrected chi connectivity index (χ2v) is 5.27. The number of fused-ring (bicyclic) bond motifs is 1. The van der Waals surface area contributed by atoms with Crippen LogP contribution < -0.4 is 4.90 Å². The molecule has 0 spiro atoms. The number of carbonyl (C=O) groups is 2. The molecule has 1 aliphatic heterocycles. The van der Waals surface area contributed by atoms with Crippen molar-refractivity contribution in [2.75, 3.05) is 18.5 Å². The number of Topliss-reactive ketones (excluding diaryl/α,β-unsaturated/α-hetero) is 1. The minimum absolute atomic E-state index is 0.00608. The maximum Gasteiger partial charge on any atom is 0.248 e. The standard InChI is InChI=1S/C18H16N2O2/c1-12(21)14-8-9-16-15(10-14)18(13-6-4-3-5-7-13)19-11-17(22)20(16)2/h3-10H,11H2,1-2H3. The van der Waals surface area contributed by atoms with Crippen LogP contribution in [0.25, 0.3) is 0 Å². The molecule has 3 rings (SSSR count). The molecular weight excluding hydrogens is 276 g/mol. The highest BCUT2D eigenvalue weighted by Crippen LogP contribution is 2.27. The van der Waals surface area contributed by atoms with Crippen LogP contribution in [0.3, 0.4) is 0 Å². The zero-order valence-corrected chi connectivity index (χ0v) is 12.5. The van der Waals surface area contributed by atoms with Gasteiger partial charge in [-0.3, -0.25) is 14.6 Å². The van der Waals surface area contributed by atoms with Crippen LogP contribution in [0.5, 0.6) is 0 Å². The van der Waals surface area contributed by atoms with Crippen molar-refractivity contribution >= 4 is 23.1 Å². The first-order valence-corrected chi connectivity index (χ1v) is 7.09. The molecule has 0 aliphatic carbocycles. The second kappa shape index (κ2) is 5.56. The van der Waals surface area contributed by atoms with Gasteiger partial charge in [-0.25, -0.2) is 0 Å². The fourth-order valence-electron chi connectivity index (χ4n) is 2.55. The van der Waals surface area contributed by atoms with Crippen LogP contribution in [0, 0.1) is 0 Å². The van der Waals surface area contributed by atoms with E-state index in [0.29, 0.717) is 5.56 Å². The molecule has 2 aromatic rings. The number of carbonyl (C=O) groups excluding carboxylic acids is 2. The number of likely N-dealkylation sites (N-methyl/N-ethyl adjacent to an activating group) is 1. The van der Waals surface area contributed by atoms with Gasteiger partial charge in [-0.15, -0.1) is 0 Å². The third kappa shape index (κ3) is 2.44. The molecule has 0 bridgehead atoms. The summed E-state index contributed by atoms with van der Waals surface area (Å²) in [6.07, 6.45) is 0. The van der Waals surface area contributed by atoms with Gasteiger partial charge in [0.05, 0.1) is 11.4 Å². The van der Waals surface area contributed by atoms with Crippen molar-refractivity contribution in [1.29, 1.82) is 0 Å². The molecule has 4 nitrogen and oxygen atoms in total. The van der Waals surface area contributed by atoms with Gasteiger partial charge in [0, 0.05) is 23.7 Å². The number of hydrogen-bond acceptors (Lipinski definition) is 3. The lowest BCUT2D eigenvalue weighted by Gasteiger charge is -2.18. The summed E-state index contributed by atoms with van der Waals surface area (Å²) in [6, 6.07) is 15.1. The Hall–Kier alpha value is -2.75. The number of nitrogens with zero attached hydrogens (tertiary/aromatic N) is 2. The number of ketones is 1. The van der Waals surface area contributed by atoms with Crippen molar-refractivity contribution in [2.24, 2.45) is 4.99 Å². The number of benzodiazepines with no additional fused rings is 1. The monoisotopic (exact) mass is 292 g/mol. The van der Waals surface area contributed by atoms with Gasteiger partial charge in [0.25, 0.3) is 0 Å². The van der Waals surface area contributed by atoms with Gasteiger partial charge >= 0.3 is 0 Å². The smallest absolute Gasteiger partial charge is 0.248 e. The van der Waals surface area contributed by atoms with E-state index < -0.39 is 0 Å². The summed E-state index contributed by atoms with van der Waals surface area (Å²) in [5.74, 6) is -0.0730. The van der Waals surface area contributed by atoms with Crippen molar-refractivity contribution < 1.29 is 9.59 Å². The highest BCUT2D eigenvalue weighted by molar-refractivity contribution is 6.20. The molecule has 0 saturated carbocycles. The molecule has 2 aromatic carbocycles. The van der Waals surface area contributed by atoms with E-state index in [1.165, 1.54) is 6.92 Å². The first-order valence-electron chi connectivity index (χ1n) is 7.09. The zero-order chi connectivity index (χ0) is 15.7. The average Bonchev–Trinajstić information content (AvgIpc) is 2.66. The predicted octanol–water partition coefficient (Wildman–Crippen LogP) is 2.70. The molecule has 0 saturated heterocycles. The number of amides is 1. The van der Waals surface area contributed by atoms with E-state index in [2.05, 4.69) is 4.99 Å². The van der Waals surface area contributed by atoms with E-state index in [4.69, 9.17) is 0 Å². The lowest BCUT2D eigenvalue weighted by atomic mass is 9.97. The van der Waals surface area contributed by atoms with E-state index in [1.807, 2.05) is 42.5 Å². The summed E-state index contributed by atoms with van der Waals surface area (Å²) in [5, 5.41) is 0. The first-order chi connectivity index (χ1) is 10.6. The van der Waals surface area contributed by atoms with E-state index in [-0.39, 0.29) is 18.2 Å². The molecule has 110 valence electrons. The Morgan fingerprint density at radius 3 is 2.55 bits per heavy atom. The van der Waals surface area contributed by atoms with Gasteiger partial charge in [0.2, 0.25) is 5.91 Å². The number of anilines is 1. The van der Waals surface area contributed by atoms with Crippen molar-refractivity contribution in [3.63, 3.8) is 0 Å². The molecule has 0 radical (unpaired) electrons. The Balaban J connectivity index is 2.24. The number of rotatable bonds is 2. The Morgan fingerprint density at radius 2 is 1.86 bits per heavy atom. The van der Waals surface area contributed by atoms with Gasteiger partial charge in [-0.05, 0) is 25.1 Å². The number of hydrogen-bond donors (Lipinski definition) is 0. The quantitative estimate of drug-likeness (QED) is 0.799. The van der Waals surface area contributed by atoms with Crippen molar-refractivity contribution in [2.45, 2.75) is 6.92 Å². The van der Waals surface area contributed by atoms with Gasteiger partial charge in [0.1, 0.15) is 6.54 Å². The maximum absolute atomic E-state index is 12.1. The van der Waals surface area contributed by atoms with E-state index in [0.717, 1.165) is 22.5 Å². The molecular formula is C18H16N2O2. The van der Waals surface area contributed by atoms with E-state index in [9.17, 15) is 9.59 Å². The third-order valence-electron chi connectivity index (χ3n) is 3.81. The highest BCUT2D eigenvalue weighted by Gasteiger charge is 2.23. The zero-order valence-electron chi connectivity index (χ0n) is 12.5. The molecule has 1 aliphatic rings. The molecule has 1 amide bonds. The molecule has 0 unspecified atom stereocenters. The summed E-state index contributed by atoms with van der Waals surface area (Å²) in [5.41, 5.74) is 3.89. The van der Waals surface area contributed by atoms with Crippen LogP contribution >= 0.6 is 0 Å². The van der Waals surface area contributed by atoms with Crippen LogP contribution in [0.4, 0.5) is 5.69 Å². The fourth-order valence-corrected chi connectivity index (χ4v) is 2.55. The minimum atomic E-state index is -0.0669. The van der Waals surface area contributed by atoms with E-state index >= 15 is 0 Å². The predicted molar refractivity (Wildman–Crippen MR) is 86.8 cm³/mol. The Labute approximate surface area is 129 Å². The lowest BCUT2D eigenvalue weighted by Crippen LogP contribution is -2.27. The topological polar surface area (TPSA) is 49.7 Å². The maximum atomic E-state index is 12.1. The first kappa shape index (κ1) is 14.2. The molecule has 0 atom stereocenters. The van der Waals surface area contributed by atoms with Crippen molar-refractivity contribution in [3.8, 4) is 0 Å². The van der Waals surface area contributed by atoms with Gasteiger partial charge in [-0.1, -0.05) is 30.3 Å². The normalized spacial score (nSPS) is 14.2. The van der Waals surface area contributed by atoms with Gasteiger partial charge in [-0.2, -0.15) is 0 Å². The molecule has 0 N–H and O–H groups in total. The van der Waals surface area contributed by atoms with Crippen molar-refractivity contribution in [3.05, 3.63) is 65.2 Å². The van der Waals surface area contributed by atoms with Gasteiger partial charge in [0.15, 0.2) is 5.78 Å². The van der Waals surface area contributed by atoms with E-state index in [1.54, 1.807) is 18.0 Å². The number of aliphatic imine (C=N–C) groups is 1. The Bertz CT molecular complexity index is 779. The third-order valence-corrected chi connectivity index (χ3v) is 3.81. The highest BCUT2D eigenvalue weighted by atomic mass is 16.2. The summed E-state index contributed by atoms with van der Waals surface area (Å²) >= 11 is 0.